The predicted molar refractivity (Wildman–Crippen MR) is 181 cm³/mol. The van der Waals surface area contributed by atoms with Gasteiger partial charge in [0.05, 0.1) is 37.4 Å². The van der Waals surface area contributed by atoms with Crippen molar-refractivity contribution in [3.63, 3.8) is 0 Å². The lowest BCUT2D eigenvalue weighted by Crippen LogP contribution is -2.48. The molecule has 8 nitrogen and oxygen atoms in total. The maximum Gasteiger partial charge on any atom is 0.264 e. The highest BCUT2D eigenvalue weighted by Gasteiger charge is 2.66. The molecule has 0 aromatic heterocycles. The van der Waals surface area contributed by atoms with Crippen LogP contribution in [0.2, 0.25) is 0 Å². The molecule has 0 aliphatic carbocycles. The summed E-state index contributed by atoms with van der Waals surface area (Å²) in [6, 6.07) is 22.8. The molecule has 4 heterocycles. The first-order valence-electron chi connectivity index (χ1n) is 17.2. The highest BCUT2D eigenvalue weighted by atomic mass is 19.1. The number of aliphatic hydroxyl groups excluding tert-OH is 1. The standard InChI is InChI=1S/C39H44FN3O5/c1-25-36(38(2,3)40)33(21-35(46)42-23-28-11-5-4-10-27(28)20-30(42)24-44)48-39(25)31-12-6-7-13-32(31)43(37(39)47)22-26-15-17-29(18-16-26)41-19-9-8-14-34(41)45/h4-7,10-13,15-18,25,30,33,36,44H,8-9,14,19-24H2,1-3H3/t25-,30+,33+,36-,39+/m1/s1. The summed E-state index contributed by atoms with van der Waals surface area (Å²) in [4.78, 5) is 46.4. The number of alkyl halides is 1. The molecule has 2 saturated heterocycles. The van der Waals surface area contributed by atoms with Crippen molar-refractivity contribution >= 4 is 29.1 Å². The van der Waals surface area contributed by atoms with Gasteiger partial charge in [-0.15, -0.1) is 0 Å². The number of carbonyl (C=O) groups excluding carboxylic acids is 3. The number of hydrogen-bond donors (Lipinski definition) is 1. The molecule has 5 atom stereocenters. The summed E-state index contributed by atoms with van der Waals surface area (Å²) in [7, 11) is 0. The number of rotatable bonds is 7. The first-order valence-corrected chi connectivity index (χ1v) is 17.2. The van der Waals surface area contributed by atoms with Crippen molar-refractivity contribution in [1.82, 2.24) is 4.90 Å². The first-order chi connectivity index (χ1) is 23.0. The minimum Gasteiger partial charge on any atom is -0.394 e. The van der Waals surface area contributed by atoms with Crippen molar-refractivity contribution in [3.8, 4) is 0 Å². The molecule has 1 spiro atoms. The van der Waals surface area contributed by atoms with E-state index in [1.54, 1.807) is 9.80 Å². The maximum atomic E-state index is 16.2. The minimum absolute atomic E-state index is 0.102. The third-order valence-corrected chi connectivity index (χ3v) is 11.0. The molecule has 1 N–H and O–H groups in total. The Labute approximate surface area is 281 Å². The zero-order valence-electron chi connectivity index (χ0n) is 27.9. The fourth-order valence-corrected chi connectivity index (χ4v) is 8.73. The van der Waals surface area contributed by atoms with E-state index >= 15 is 4.39 Å². The Bertz CT molecular complexity index is 1720. The fraction of sp³-hybridized carbons (Fsp3) is 0.462. The van der Waals surface area contributed by atoms with Gasteiger partial charge in [0.15, 0.2) is 5.60 Å². The molecule has 7 rings (SSSR count). The number of piperidine rings is 1. The number of carbonyl (C=O) groups is 3. The van der Waals surface area contributed by atoms with Crippen molar-refractivity contribution in [2.24, 2.45) is 11.8 Å². The van der Waals surface area contributed by atoms with Crippen LogP contribution < -0.4 is 9.80 Å². The van der Waals surface area contributed by atoms with Gasteiger partial charge in [-0.1, -0.05) is 61.5 Å². The smallest absolute Gasteiger partial charge is 0.264 e. The lowest BCUT2D eigenvalue weighted by Gasteiger charge is -2.37. The molecule has 0 unspecified atom stereocenters. The molecule has 3 amide bonds. The molecule has 0 saturated carbocycles. The molecule has 4 aliphatic heterocycles. The van der Waals surface area contributed by atoms with E-state index in [1.807, 2.05) is 84.6 Å². The van der Waals surface area contributed by atoms with E-state index < -0.39 is 29.2 Å². The summed E-state index contributed by atoms with van der Waals surface area (Å²) >= 11 is 0. The van der Waals surface area contributed by atoms with Gasteiger partial charge in [0.2, 0.25) is 11.8 Å². The molecule has 3 aromatic carbocycles. The van der Waals surface area contributed by atoms with Gasteiger partial charge in [0, 0.05) is 42.6 Å². The molecule has 3 aromatic rings. The van der Waals surface area contributed by atoms with Crippen LogP contribution in [0.25, 0.3) is 0 Å². The number of nitrogens with zero attached hydrogens (tertiary/aromatic N) is 3. The number of benzene rings is 3. The van der Waals surface area contributed by atoms with Crippen LogP contribution >= 0.6 is 0 Å². The quantitative estimate of drug-likeness (QED) is 0.355. The van der Waals surface area contributed by atoms with Crippen LogP contribution in [0.1, 0.15) is 68.7 Å². The Balaban J connectivity index is 1.17. The molecule has 0 radical (unpaired) electrons. The number of amides is 3. The lowest BCUT2D eigenvalue weighted by atomic mass is 9.71. The second-order valence-electron chi connectivity index (χ2n) is 14.4. The van der Waals surface area contributed by atoms with Crippen molar-refractivity contribution < 1.29 is 28.6 Å². The zero-order valence-corrected chi connectivity index (χ0v) is 27.9. The molecular formula is C39H44FN3O5. The van der Waals surface area contributed by atoms with Gasteiger partial charge >= 0.3 is 0 Å². The maximum absolute atomic E-state index is 16.2. The lowest BCUT2D eigenvalue weighted by molar-refractivity contribution is -0.151. The van der Waals surface area contributed by atoms with Crippen LogP contribution in [0.3, 0.4) is 0 Å². The molecule has 252 valence electrons. The highest BCUT2D eigenvalue weighted by Crippen LogP contribution is 2.58. The van der Waals surface area contributed by atoms with E-state index in [0.717, 1.165) is 35.2 Å². The number of ether oxygens (including phenoxy) is 1. The largest absolute Gasteiger partial charge is 0.394 e. The van der Waals surface area contributed by atoms with E-state index in [1.165, 1.54) is 13.8 Å². The van der Waals surface area contributed by atoms with Gasteiger partial charge in [-0.05, 0) is 68.0 Å². The Morgan fingerprint density at radius 2 is 1.71 bits per heavy atom. The third kappa shape index (κ3) is 5.41. The van der Waals surface area contributed by atoms with Gasteiger partial charge in [-0.3, -0.25) is 14.4 Å². The molecular weight excluding hydrogens is 609 g/mol. The van der Waals surface area contributed by atoms with Crippen molar-refractivity contribution in [3.05, 3.63) is 95.1 Å². The Morgan fingerprint density at radius 1 is 1.00 bits per heavy atom. The number of halogens is 1. The summed E-state index contributed by atoms with van der Waals surface area (Å²) in [6.45, 7) is 6.03. The van der Waals surface area contributed by atoms with Crippen molar-refractivity contribution in [2.45, 2.75) is 89.4 Å². The van der Waals surface area contributed by atoms with E-state index in [2.05, 4.69) is 0 Å². The van der Waals surface area contributed by atoms with Crippen LogP contribution in [0.15, 0.2) is 72.8 Å². The van der Waals surface area contributed by atoms with Crippen LogP contribution in [0, 0.1) is 11.8 Å². The van der Waals surface area contributed by atoms with Crippen LogP contribution in [-0.2, 0) is 44.2 Å². The highest BCUT2D eigenvalue weighted by molar-refractivity contribution is 6.07. The monoisotopic (exact) mass is 653 g/mol. The van der Waals surface area contributed by atoms with Crippen molar-refractivity contribution in [1.29, 1.82) is 0 Å². The second kappa shape index (κ2) is 12.4. The van der Waals surface area contributed by atoms with Crippen molar-refractivity contribution in [2.75, 3.05) is 23.0 Å². The predicted octanol–water partition coefficient (Wildman–Crippen LogP) is 5.68. The van der Waals surface area contributed by atoms with E-state index in [-0.39, 0.29) is 43.3 Å². The normalized spacial score (nSPS) is 27.1. The second-order valence-corrected chi connectivity index (χ2v) is 14.4. The number of hydrogen-bond acceptors (Lipinski definition) is 5. The Hall–Kier alpha value is -4.08. The Kier molecular flexibility index (Phi) is 8.40. The zero-order chi connectivity index (χ0) is 33.8. The number of anilines is 2. The summed E-state index contributed by atoms with van der Waals surface area (Å²) in [5.41, 5.74) is 2.06. The average molecular weight is 654 g/mol. The van der Waals surface area contributed by atoms with Gasteiger partial charge in [0.1, 0.15) is 5.67 Å². The van der Waals surface area contributed by atoms with Crippen LogP contribution in [0.5, 0.6) is 0 Å². The SMILES string of the molecule is C[C@@H]1[C@@H](C(C)(C)F)[C@H](CC(=O)N2Cc3ccccc3C[C@H]2CO)O[C@@]12C(=O)N(Cc1ccc(N3CCCCC3=O)cc1)c1ccccc12. The number of fused-ring (bicyclic) bond motifs is 3. The molecule has 9 heteroatoms. The van der Waals surface area contributed by atoms with Gasteiger partial charge in [0.25, 0.3) is 5.91 Å². The number of aliphatic hydroxyl groups is 1. The summed E-state index contributed by atoms with van der Waals surface area (Å²) in [6.07, 6.45) is 2.02. The van der Waals surface area contributed by atoms with Crippen LogP contribution in [0.4, 0.5) is 15.8 Å². The molecule has 48 heavy (non-hydrogen) atoms. The number of para-hydroxylation sites is 1. The topological polar surface area (TPSA) is 90.4 Å². The summed E-state index contributed by atoms with van der Waals surface area (Å²) in [5.74, 6) is -1.69. The molecule has 2 fully saturated rings. The molecule has 0 bridgehead atoms. The van der Waals surface area contributed by atoms with Gasteiger partial charge in [-0.25, -0.2) is 4.39 Å². The van der Waals surface area contributed by atoms with E-state index in [4.69, 9.17) is 4.74 Å². The van der Waals surface area contributed by atoms with E-state index in [9.17, 15) is 19.5 Å². The average Bonchev–Trinajstić information content (AvgIpc) is 3.50. The summed E-state index contributed by atoms with van der Waals surface area (Å²) < 4.78 is 23.0. The Morgan fingerprint density at radius 3 is 2.42 bits per heavy atom. The van der Waals surface area contributed by atoms with Gasteiger partial charge in [-0.2, -0.15) is 0 Å². The van der Waals surface area contributed by atoms with Gasteiger partial charge < -0.3 is 24.5 Å². The van der Waals surface area contributed by atoms with Crippen LogP contribution in [-0.4, -0.2) is 58.7 Å². The first kappa shape index (κ1) is 32.5. The molecule has 4 aliphatic rings. The minimum atomic E-state index is -1.75. The third-order valence-electron chi connectivity index (χ3n) is 11.0. The fourth-order valence-electron chi connectivity index (χ4n) is 8.73. The summed E-state index contributed by atoms with van der Waals surface area (Å²) in [5, 5.41) is 10.2. The van der Waals surface area contributed by atoms with E-state index in [0.29, 0.717) is 37.2 Å².